The number of rotatable bonds is 7. The van der Waals surface area contributed by atoms with E-state index in [0.29, 0.717) is 19.1 Å². The summed E-state index contributed by atoms with van der Waals surface area (Å²) in [7, 11) is 0. The molecule has 0 radical (unpaired) electrons. The second-order valence-corrected chi connectivity index (χ2v) is 3.97. The van der Waals surface area contributed by atoms with Crippen molar-refractivity contribution in [3.63, 3.8) is 0 Å². The average Bonchev–Trinajstić information content (AvgIpc) is 2.39. The molecule has 0 atom stereocenters. The molecule has 17 heavy (non-hydrogen) atoms. The molecule has 0 saturated heterocycles. The van der Waals surface area contributed by atoms with Crippen LogP contribution in [0.1, 0.15) is 32.3 Å². The zero-order valence-corrected chi connectivity index (χ0v) is 10.6. The molecule has 96 valence electrons. The van der Waals surface area contributed by atoms with Gasteiger partial charge < -0.3 is 15.7 Å². The van der Waals surface area contributed by atoms with Crippen molar-refractivity contribution < 1.29 is 5.11 Å². The van der Waals surface area contributed by atoms with Gasteiger partial charge in [-0.3, -0.25) is 0 Å². The Balaban J connectivity index is 3.03. The van der Waals surface area contributed by atoms with Crippen LogP contribution in [0.4, 0.5) is 5.82 Å². The van der Waals surface area contributed by atoms with Gasteiger partial charge in [0.05, 0.1) is 12.8 Å². The van der Waals surface area contributed by atoms with Gasteiger partial charge in [0.25, 0.3) is 0 Å². The van der Waals surface area contributed by atoms with Crippen molar-refractivity contribution in [1.82, 2.24) is 10.2 Å². The maximum atomic E-state index is 9.18. The fourth-order valence-corrected chi connectivity index (χ4v) is 2.05. The van der Waals surface area contributed by atoms with Crippen LogP contribution in [0.15, 0.2) is 12.3 Å². The van der Waals surface area contributed by atoms with Crippen LogP contribution >= 0.6 is 0 Å². The van der Waals surface area contributed by atoms with Crippen molar-refractivity contribution in [3.8, 4) is 0 Å². The predicted octanol–water partition coefficient (Wildman–Crippen LogP) is 0.923. The summed E-state index contributed by atoms with van der Waals surface area (Å²) in [6.07, 6.45) is 3.67. The molecule has 0 aliphatic carbocycles. The van der Waals surface area contributed by atoms with Gasteiger partial charge in [-0.2, -0.15) is 5.10 Å². The zero-order valence-electron chi connectivity index (χ0n) is 10.6. The Hall–Kier alpha value is -1.20. The van der Waals surface area contributed by atoms with E-state index in [4.69, 9.17) is 5.73 Å². The van der Waals surface area contributed by atoms with Gasteiger partial charge in [0.15, 0.2) is 5.82 Å². The molecule has 0 spiro atoms. The van der Waals surface area contributed by atoms with Crippen LogP contribution in [0.2, 0.25) is 0 Å². The molecular weight excluding hydrogens is 216 g/mol. The highest BCUT2D eigenvalue weighted by atomic mass is 16.3. The molecule has 1 aromatic rings. The number of aromatic nitrogens is 2. The molecule has 0 amide bonds. The number of anilines is 1. The monoisotopic (exact) mass is 238 g/mol. The second kappa shape index (κ2) is 7.19. The first-order valence-corrected chi connectivity index (χ1v) is 6.16. The molecule has 3 N–H and O–H groups in total. The average molecular weight is 238 g/mol. The molecular formula is C12H22N4O. The maximum Gasteiger partial charge on any atom is 0.156 e. The smallest absolute Gasteiger partial charge is 0.156 e. The zero-order chi connectivity index (χ0) is 12.7. The highest BCUT2D eigenvalue weighted by Gasteiger charge is 2.19. The van der Waals surface area contributed by atoms with Crippen molar-refractivity contribution in [2.75, 3.05) is 18.1 Å². The minimum atomic E-state index is 0.108. The first kappa shape index (κ1) is 13.9. The number of hydrogen-bond acceptors (Lipinski definition) is 5. The summed E-state index contributed by atoms with van der Waals surface area (Å²) < 4.78 is 0. The Morgan fingerprint density at radius 3 is 2.65 bits per heavy atom. The van der Waals surface area contributed by atoms with E-state index in [-0.39, 0.29) is 6.61 Å². The Morgan fingerprint density at radius 1 is 1.41 bits per heavy atom. The fourth-order valence-electron chi connectivity index (χ4n) is 2.05. The number of aliphatic hydroxyl groups excluding tert-OH is 1. The minimum absolute atomic E-state index is 0.108. The summed E-state index contributed by atoms with van der Waals surface area (Å²) in [6.45, 7) is 5.39. The van der Waals surface area contributed by atoms with E-state index < -0.39 is 0 Å². The van der Waals surface area contributed by atoms with Crippen LogP contribution in [0.3, 0.4) is 0 Å². The topological polar surface area (TPSA) is 75.3 Å². The van der Waals surface area contributed by atoms with Crippen LogP contribution < -0.4 is 10.6 Å². The third kappa shape index (κ3) is 3.38. The summed E-state index contributed by atoms with van der Waals surface area (Å²) in [5, 5.41) is 17.3. The molecule has 0 unspecified atom stereocenters. The quantitative estimate of drug-likeness (QED) is 0.739. The van der Waals surface area contributed by atoms with Crippen molar-refractivity contribution in [2.24, 2.45) is 5.73 Å². The van der Waals surface area contributed by atoms with Crippen LogP contribution in [0.5, 0.6) is 0 Å². The van der Waals surface area contributed by atoms with E-state index in [1.165, 1.54) is 0 Å². The first-order valence-electron chi connectivity index (χ1n) is 6.16. The SMILES string of the molecule is CCC(CC)N(CCO)c1nnccc1CN. The van der Waals surface area contributed by atoms with Gasteiger partial charge >= 0.3 is 0 Å². The highest BCUT2D eigenvalue weighted by Crippen LogP contribution is 2.21. The Kier molecular flexibility index (Phi) is 5.86. The number of aliphatic hydroxyl groups is 1. The van der Waals surface area contributed by atoms with E-state index >= 15 is 0 Å². The molecule has 0 aliphatic heterocycles. The van der Waals surface area contributed by atoms with Crippen LogP contribution in [0, 0.1) is 0 Å². The normalized spacial score (nSPS) is 10.9. The summed E-state index contributed by atoms with van der Waals surface area (Å²) >= 11 is 0. The predicted molar refractivity (Wildman–Crippen MR) is 68.7 cm³/mol. The summed E-state index contributed by atoms with van der Waals surface area (Å²) in [5.41, 5.74) is 6.68. The summed E-state index contributed by atoms with van der Waals surface area (Å²) in [6, 6.07) is 2.25. The van der Waals surface area contributed by atoms with Crippen molar-refractivity contribution in [3.05, 3.63) is 17.8 Å². The Bertz CT molecular complexity index is 328. The first-order chi connectivity index (χ1) is 8.28. The lowest BCUT2D eigenvalue weighted by molar-refractivity contribution is 0.295. The minimum Gasteiger partial charge on any atom is -0.395 e. The number of hydrogen-bond donors (Lipinski definition) is 2. The van der Waals surface area contributed by atoms with Gasteiger partial charge in [-0.15, -0.1) is 5.10 Å². The van der Waals surface area contributed by atoms with Crippen molar-refractivity contribution in [2.45, 2.75) is 39.3 Å². The Labute approximate surface area is 103 Å². The van der Waals surface area contributed by atoms with E-state index in [2.05, 4.69) is 28.9 Å². The summed E-state index contributed by atoms with van der Waals surface area (Å²) in [5.74, 6) is 0.803. The maximum absolute atomic E-state index is 9.18. The largest absolute Gasteiger partial charge is 0.395 e. The molecule has 0 saturated carbocycles. The molecule has 0 bridgehead atoms. The molecule has 1 aromatic heterocycles. The Morgan fingerprint density at radius 2 is 2.12 bits per heavy atom. The number of nitrogens with zero attached hydrogens (tertiary/aromatic N) is 3. The standard InChI is InChI=1S/C12H22N4O/c1-3-11(4-2)16(7-8-17)12-10(9-13)5-6-14-15-12/h5-6,11,17H,3-4,7-9,13H2,1-2H3. The third-order valence-electron chi connectivity index (χ3n) is 3.00. The lowest BCUT2D eigenvalue weighted by Gasteiger charge is -2.31. The molecule has 1 rings (SSSR count). The molecule has 0 aromatic carbocycles. The van der Waals surface area contributed by atoms with Crippen molar-refractivity contribution >= 4 is 5.82 Å². The molecule has 5 heteroatoms. The van der Waals surface area contributed by atoms with Gasteiger partial charge in [0.2, 0.25) is 0 Å². The van der Waals surface area contributed by atoms with Gasteiger partial charge in [-0.05, 0) is 18.9 Å². The highest BCUT2D eigenvalue weighted by molar-refractivity contribution is 5.46. The fraction of sp³-hybridized carbons (Fsp3) is 0.667. The second-order valence-electron chi connectivity index (χ2n) is 3.97. The van der Waals surface area contributed by atoms with E-state index in [0.717, 1.165) is 24.2 Å². The van der Waals surface area contributed by atoms with Gasteiger partial charge in [0.1, 0.15) is 0 Å². The molecule has 5 nitrogen and oxygen atoms in total. The van der Waals surface area contributed by atoms with Crippen LogP contribution in [-0.4, -0.2) is 34.5 Å². The van der Waals surface area contributed by atoms with Gasteiger partial charge in [0, 0.05) is 24.7 Å². The third-order valence-corrected chi connectivity index (χ3v) is 3.00. The summed E-state index contributed by atoms with van der Waals surface area (Å²) in [4.78, 5) is 2.11. The number of nitrogens with two attached hydrogens (primary N) is 1. The molecule has 0 aliphatic rings. The lowest BCUT2D eigenvalue weighted by Crippen LogP contribution is -2.38. The van der Waals surface area contributed by atoms with Gasteiger partial charge in [-0.1, -0.05) is 13.8 Å². The van der Waals surface area contributed by atoms with Crippen molar-refractivity contribution in [1.29, 1.82) is 0 Å². The van der Waals surface area contributed by atoms with Gasteiger partial charge in [-0.25, -0.2) is 0 Å². The van der Waals surface area contributed by atoms with Crippen LogP contribution in [0.25, 0.3) is 0 Å². The van der Waals surface area contributed by atoms with Crippen LogP contribution in [-0.2, 0) is 6.54 Å². The lowest BCUT2D eigenvalue weighted by atomic mass is 10.1. The molecule has 0 fully saturated rings. The van der Waals surface area contributed by atoms with E-state index in [9.17, 15) is 5.11 Å². The van der Waals surface area contributed by atoms with E-state index in [1.807, 2.05) is 6.07 Å². The molecule has 1 heterocycles. The van der Waals surface area contributed by atoms with E-state index in [1.54, 1.807) is 6.20 Å².